The maximum atomic E-state index is 11.5. The zero-order valence-corrected chi connectivity index (χ0v) is 15.6. The van der Waals surface area contributed by atoms with Crippen LogP contribution in [0.15, 0.2) is 24.4 Å². The average Bonchev–Trinajstić information content (AvgIpc) is 3.33. The second kappa shape index (κ2) is 6.26. The van der Waals surface area contributed by atoms with Crippen LogP contribution in [0.1, 0.15) is 39.3 Å². The fraction of sp³-hybridized carbons (Fsp3) is 0.444. The molecule has 1 fully saturated rings. The number of anilines is 3. The van der Waals surface area contributed by atoms with Crippen molar-refractivity contribution in [2.75, 3.05) is 16.8 Å². The van der Waals surface area contributed by atoms with Gasteiger partial charge in [0, 0.05) is 29.9 Å². The van der Waals surface area contributed by atoms with Crippen LogP contribution in [0.5, 0.6) is 0 Å². The van der Waals surface area contributed by atoms with Crippen LogP contribution in [-0.2, 0) is 10.2 Å². The summed E-state index contributed by atoms with van der Waals surface area (Å²) in [7, 11) is 0. The minimum atomic E-state index is -0.844. The van der Waals surface area contributed by atoms with E-state index in [4.69, 9.17) is 0 Å². The number of H-pyrrole nitrogens is 1. The Labute approximate surface area is 156 Å². The summed E-state index contributed by atoms with van der Waals surface area (Å²) < 4.78 is 1.82. The number of aliphatic carboxylic acids is 1. The van der Waals surface area contributed by atoms with Crippen molar-refractivity contribution in [3.05, 3.63) is 30.1 Å². The first-order valence-corrected chi connectivity index (χ1v) is 9.00. The number of carboxylic acids is 1. The van der Waals surface area contributed by atoms with Crippen LogP contribution >= 0.6 is 0 Å². The molecule has 9 heteroatoms. The maximum absolute atomic E-state index is 11.5. The lowest BCUT2D eigenvalue weighted by molar-refractivity contribution is -0.138. The van der Waals surface area contributed by atoms with Gasteiger partial charge in [0.25, 0.3) is 0 Å². The van der Waals surface area contributed by atoms with Gasteiger partial charge in [0.15, 0.2) is 5.82 Å². The van der Waals surface area contributed by atoms with E-state index in [0.29, 0.717) is 36.3 Å². The van der Waals surface area contributed by atoms with Crippen molar-refractivity contribution in [1.29, 1.82) is 0 Å². The van der Waals surface area contributed by atoms with Crippen LogP contribution < -0.4 is 10.2 Å². The third-order valence-corrected chi connectivity index (χ3v) is 4.80. The van der Waals surface area contributed by atoms with Crippen molar-refractivity contribution in [2.24, 2.45) is 0 Å². The van der Waals surface area contributed by atoms with Gasteiger partial charge in [-0.05, 0) is 25.0 Å². The van der Waals surface area contributed by atoms with E-state index < -0.39 is 12.0 Å². The molecule has 1 aliphatic rings. The van der Waals surface area contributed by atoms with Gasteiger partial charge in [0.1, 0.15) is 11.7 Å². The van der Waals surface area contributed by atoms with Crippen molar-refractivity contribution < 1.29 is 9.90 Å². The summed E-state index contributed by atoms with van der Waals surface area (Å²) >= 11 is 0. The summed E-state index contributed by atoms with van der Waals surface area (Å²) in [4.78, 5) is 22.4. The van der Waals surface area contributed by atoms with E-state index in [1.54, 1.807) is 4.90 Å². The number of nitrogens with zero attached hydrogens (tertiary/aromatic N) is 5. The van der Waals surface area contributed by atoms with Crippen molar-refractivity contribution in [2.45, 2.75) is 45.1 Å². The molecule has 1 saturated heterocycles. The predicted octanol–water partition coefficient (Wildman–Crippen LogP) is 2.55. The normalized spacial score (nSPS) is 17.6. The molecule has 142 valence electrons. The van der Waals surface area contributed by atoms with Gasteiger partial charge in [-0.25, -0.2) is 4.79 Å². The van der Waals surface area contributed by atoms with Gasteiger partial charge in [-0.3, -0.25) is 9.50 Å². The molecule has 0 radical (unpaired) electrons. The van der Waals surface area contributed by atoms with Crippen molar-refractivity contribution in [1.82, 2.24) is 24.6 Å². The summed E-state index contributed by atoms with van der Waals surface area (Å²) in [6.45, 7) is 6.95. The molecule has 0 spiro atoms. The number of nitrogens with one attached hydrogen (secondary N) is 2. The number of aromatic nitrogens is 5. The number of fused-ring (bicyclic) bond motifs is 1. The molecule has 0 unspecified atom stereocenters. The fourth-order valence-corrected chi connectivity index (χ4v) is 3.28. The zero-order chi connectivity index (χ0) is 19.2. The topological polar surface area (TPSA) is 111 Å². The lowest BCUT2D eigenvalue weighted by Gasteiger charge is -2.22. The second-order valence-electron chi connectivity index (χ2n) is 7.82. The molecular weight excluding hydrogens is 346 g/mol. The molecule has 4 rings (SSSR count). The van der Waals surface area contributed by atoms with E-state index in [1.165, 1.54) is 0 Å². The third kappa shape index (κ3) is 3.20. The summed E-state index contributed by atoms with van der Waals surface area (Å²) in [6, 6.07) is 5.11. The molecule has 3 aromatic heterocycles. The van der Waals surface area contributed by atoms with Crippen molar-refractivity contribution in [3.63, 3.8) is 0 Å². The number of hydrogen-bond donors (Lipinski definition) is 3. The Morgan fingerprint density at radius 1 is 1.37 bits per heavy atom. The molecule has 27 heavy (non-hydrogen) atoms. The number of hydrogen-bond acceptors (Lipinski definition) is 6. The first-order valence-electron chi connectivity index (χ1n) is 9.00. The lowest BCUT2D eigenvalue weighted by Crippen LogP contribution is -2.37. The molecule has 3 N–H and O–H groups in total. The predicted molar refractivity (Wildman–Crippen MR) is 102 cm³/mol. The van der Waals surface area contributed by atoms with Crippen LogP contribution in [-0.4, -0.2) is 48.2 Å². The fourth-order valence-electron chi connectivity index (χ4n) is 3.28. The average molecular weight is 369 g/mol. The van der Waals surface area contributed by atoms with Gasteiger partial charge in [0.2, 0.25) is 11.9 Å². The minimum absolute atomic E-state index is 0.0448. The van der Waals surface area contributed by atoms with E-state index in [1.807, 2.05) is 28.8 Å². The summed E-state index contributed by atoms with van der Waals surface area (Å²) in [5, 5.41) is 20.1. The molecule has 0 amide bonds. The van der Waals surface area contributed by atoms with Crippen molar-refractivity contribution >= 4 is 29.3 Å². The van der Waals surface area contributed by atoms with Crippen LogP contribution in [0.3, 0.4) is 0 Å². The SMILES string of the molecule is CC(C)(C)c1cc(Nc2nc(N3CCC[C@H]3C(=O)O)nc3cccn23)n[nH]1. The Kier molecular flexibility index (Phi) is 4.01. The van der Waals surface area contributed by atoms with E-state index >= 15 is 0 Å². The van der Waals surface area contributed by atoms with Gasteiger partial charge in [-0.1, -0.05) is 20.8 Å². The van der Waals surface area contributed by atoms with E-state index in [2.05, 4.69) is 46.3 Å². The minimum Gasteiger partial charge on any atom is -0.480 e. The maximum Gasteiger partial charge on any atom is 0.326 e. The van der Waals surface area contributed by atoms with E-state index in [9.17, 15) is 9.90 Å². The Balaban J connectivity index is 1.71. The third-order valence-electron chi connectivity index (χ3n) is 4.80. The molecule has 0 aromatic carbocycles. The highest BCUT2D eigenvalue weighted by molar-refractivity contribution is 5.78. The molecule has 9 nitrogen and oxygen atoms in total. The molecule has 3 aromatic rings. The van der Waals surface area contributed by atoms with Crippen molar-refractivity contribution in [3.8, 4) is 0 Å². The standard InChI is InChI=1S/C18H23N7O2/c1-18(2,3)12-10-13(23-22-12)19-16-21-17(20-14-7-5-9-25(14)16)24-8-4-6-11(24)15(26)27/h5,7,9-11H,4,6,8H2,1-3H3,(H,26,27)(H2,19,20,21,22,23)/t11-/m0/s1. The van der Waals surface area contributed by atoms with Gasteiger partial charge in [-0.2, -0.15) is 15.1 Å². The first kappa shape index (κ1) is 17.3. The second-order valence-corrected chi connectivity index (χ2v) is 7.82. The lowest BCUT2D eigenvalue weighted by atomic mass is 9.92. The van der Waals surface area contributed by atoms with Crippen LogP contribution in [0, 0.1) is 0 Å². The highest BCUT2D eigenvalue weighted by Crippen LogP contribution is 2.27. The molecule has 0 bridgehead atoms. The highest BCUT2D eigenvalue weighted by Gasteiger charge is 2.33. The molecule has 1 aliphatic heterocycles. The largest absolute Gasteiger partial charge is 0.480 e. The van der Waals surface area contributed by atoms with E-state index in [-0.39, 0.29) is 5.41 Å². The Bertz CT molecular complexity index is 985. The quantitative estimate of drug-likeness (QED) is 0.648. The van der Waals surface area contributed by atoms with Crippen LogP contribution in [0.4, 0.5) is 17.7 Å². The number of carboxylic acid groups (broad SMARTS) is 1. The summed E-state index contributed by atoms with van der Waals surface area (Å²) in [5.41, 5.74) is 1.66. The molecular formula is C18H23N7O2. The molecule has 4 heterocycles. The Morgan fingerprint density at radius 3 is 2.89 bits per heavy atom. The summed E-state index contributed by atoms with van der Waals surface area (Å²) in [6.07, 6.45) is 3.27. The number of carbonyl (C=O) groups is 1. The number of rotatable bonds is 4. The first-order chi connectivity index (χ1) is 12.8. The Hall–Kier alpha value is -3.10. The van der Waals surface area contributed by atoms with Gasteiger partial charge >= 0.3 is 5.97 Å². The van der Waals surface area contributed by atoms with Gasteiger partial charge in [-0.15, -0.1) is 0 Å². The zero-order valence-electron chi connectivity index (χ0n) is 15.6. The van der Waals surface area contributed by atoms with Gasteiger partial charge < -0.3 is 15.3 Å². The molecule has 0 saturated carbocycles. The molecule has 1 atom stereocenters. The van der Waals surface area contributed by atoms with Gasteiger partial charge in [0.05, 0.1) is 0 Å². The Morgan fingerprint density at radius 2 is 2.19 bits per heavy atom. The summed E-state index contributed by atoms with van der Waals surface area (Å²) in [5.74, 6) is 0.766. The van der Waals surface area contributed by atoms with Crippen LogP contribution in [0.25, 0.3) is 5.65 Å². The highest BCUT2D eigenvalue weighted by atomic mass is 16.4. The van der Waals surface area contributed by atoms with Crippen LogP contribution in [0.2, 0.25) is 0 Å². The number of aromatic amines is 1. The molecule has 0 aliphatic carbocycles. The smallest absolute Gasteiger partial charge is 0.326 e. The van der Waals surface area contributed by atoms with E-state index in [0.717, 1.165) is 12.1 Å². The monoisotopic (exact) mass is 369 g/mol.